The smallest absolute Gasteiger partial charge is 0.292 e. The summed E-state index contributed by atoms with van der Waals surface area (Å²) in [5, 5.41) is 0. The Morgan fingerprint density at radius 3 is 2.76 bits per heavy atom. The van der Waals surface area contributed by atoms with Gasteiger partial charge >= 0.3 is 5.69 Å². The van der Waals surface area contributed by atoms with E-state index in [0.717, 1.165) is 21.1 Å². The highest BCUT2D eigenvalue weighted by atomic mass is 127. The quantitative estimate of drug-likeness (QED) is 0.260. The maximum atomic E-state index is 12.9. The Hall–Kier alpha value is -2.48. The maximum Gasteiger partial charge on any atom is 0.330 e. The van der Waals surface area contributed by atoms with Gasteiger partial charge in [0, 0.05) is 17.0 Å². The molecule has 0 aliphatic carbocycles. The lowest BCUT2D eigenvalue weighted by atomic mass is 9.97. The van der Waals surface area contributed by atoms with E-state index in [4.69, 9.17) is 4.98 Å². The molecule has 5 nitrogen and oxygen atoms in total. The van der Waals surface area contributed by atoms with Crippen molar-refractivity contribution in [2.45, 2.75) is 26.3 Å². The van der Waals surface area contributed by atoms with Crippen molar-refractivity contribution in [2.75, 3.05) is 4.43 Å². The van der Waals surface area contributed by atoms with Crippen LogP contribution in [-0.2, 0) is 13.6 Å². The molecule has 0 radical (unpaired) electrons. The highest BCUT2D eigenvalue weighted by molar-refractivity contribution is 14.1. The molecule has 0 saturated heterocycles. The average molecular weight is 500 g/mol. The van der Waals surface area contributed by atoms with Crippen LogP contribution in [-0.4, -0.2) is 23.5 Å². The van der Waals surface area contributed by atoms with Gasteiger partial charge in [0.15, 0.2) is 11.5 Å². The van der Waals surface area contributed by atoms with Crippen LogP contribution in [0.15, 0.2) is 71.7 Å². The van der Waals surface area contributed by atoms with E-state index in [2.05, 4.69) is 60.1 Å². The number of hydrogen-bond acceptors (Lipinski definition) is 3. The molecule has 1 aromatic carbocycles. The molecule has 2 heterocycles. The number of nitrogens with zero attached hydrogens (tertiary/aromatic N) is 4. The zero-order valence-corrected chi connectivity index (χ0v) is 19.1. The summed E-state index contributed by atoms with van der Waals surface area (Å²) < 4.78 is 4.20. The first-order valence-electron chi connectivity index (χ1n) is 9.53. The Morgan fingerprint density at radius 1 is 1.31 bits per heavy atom. The van der Waals surface area contributed by atoms with E-state index in [0.29, 0.717) is 23.9 Å². The zero-order chi connectivity index (χ0) is 21.0. The SMILES string of the molecule is C=C/C=C(\C=C/CI)Cn1c(=O)n(C)c2cnc(-c3ccccc3C(C)C)nc21. The van der Waals surface area contributed by atoms with Gasteiger partial charge in [0.2, 0.25) is 0 Å². The molecule has 0 amide bonds. The van der Waals surface area contributed by atoms with E-state index < -0.39 is 0 Å². The van der Waals surface area contributed by atoms with Gasteiger partial charge in [-0.15, -0.1) is 0 Å². The van der Waals surface area contributed by atoms with Crippen LogP contribution in [0.25, 0.3) is 22.6 Å². The topological polar surface area (TPSA) is 52.7 Å². The molecule has 0 fully saturated rings. The molecular formula is C23H25IN4O. The van der Waals surface area contributed by atoms with Gasteiger partial charge in [-0.2, -0.15) is 0 Å². The van der Waals surface area contributed by atoms with Gasteiger partial charge < -0.3 is 0 Å². The second-order valence-corrected chi connectivity index (χ2v) is 7.99. The highest BCUT2D eigenvalue weighted by Crippen LogP contribution is 2.27. The first-order chi connectivity index (χ1) is 14.0. The van der Waals surface area contributed by atoms with E-state index in [9.17, 15) is 4.79 Å². The normalized spacial score (nSPS) is 12.4. The Kier molecular flexibility index (Phi) is 6.84. The number of benzene rings is 1. The molecule has 2 aromatic heterocycles. The molecule has 0 aliphatic heterocycles. The molecular weight excluding hydrogens is 475 g/mol. The van der Waals surface area contributed by atoms with Crippen molar-refractivity contribution < 1.29 is 0 Å². The average Bonchev–Trinajstić information content (AvgIpc) is 2.96. The van der Waals surface area contributed by atoms with Crippen molar-refractivity contribution in [1.29, 1.82) is 0 Å². The Labute approximate surface area is 184 Å². The zero-order valence-electron chi connectivity index (χ0n) is 17.0. The molecule has 0 bridgehead atoms. The molecule has 6 heteroatoms. The summed E-state index contributed by atoms with van der Waals surface area (Å²) in [6.45, 7) is 8.53. The van der Waals surface area contributed by atoms with Gasteiger partial charge in [0.25, 0.3) is 0 Å². The summed E-state index contributed by atoms with van der Waals surface area (Å²) in [5.41, 5.74) is 4.43. The Balaban J connectivity index is 2.18. The van der Waals surface area contributed by atoms with Gasteiger partial charge in [-0.3, -0.25) is 9.13 Å². The third-order valence-electron chi connectivity index (χ3n) is 4.80. The molecule has 0 spiro atoms. The summed E-state index contributed by atoms with van der Waals surface area (Å²) in [4.78, 5) is 22.3. The molecule has 3 rings (SSSR count). The second kappa shape index (κ2) is 9.35. The van der Waals surface area contributed by atoms with Crippen LogP contribution in [0.5, 0.6) is 0 Å². The van der Waals surface area contributed by atoms with Crippen molar-refractivity contribution in [3.63, 3.8) is 0 Å². The number of fused-ring (bicyclic) bond motifs is 1. The Morgan fingerprint density at radius 2 is 2.07 bits per heavy atom. The summed E-state index contributed by atoms with van der Waals surface area (Å²) in [5.74, 6) is 0.988. The van der Waals surface area contributed by atoms with Crippen LogP contribution in [0.4, 0.5) is 0 Å². The first kappa shape index (κ1) is 21.2. The van der Waals surface area contributed by atoms with Gasteiger partial charge in [-0.1, -0.05) is 91.6 Å². The van der Waals surface area contributed by atoms with E-state index in [1.165, 1.54) is 5.56 Å². The van der Waals surface area contributed by atoms with Gasteiger partial charge in [-0.05, 0) is 17.1 Å². The highest BCUT2D eigenvalue weighted by Gasteiger charge is 2.16. The molecule has 0 saturated carbocycles. The molecule has 0 N–H and O–H groups in total. The molecule has 0 unspecified atom stereocenters. The summed E-state index contributed by atoms with van der Waals surface area (Å²) >= 11 is 2.29. The lowest BCUT2D eigenvalue weighted by Crippen LogP contribution is -2.23. The van der Waals surface area contributed by atoms with Crippen LogP contribution in [0.3, 0.4) is 0 Å². The standard InChI is InChI=1S/C23H25IN4O/c1-5-9-17(10-8-13-24)15-28-22-20(27(4)23(28)29)14-25-21(26-22)19-12-7-6-11-18(19)16(2)3/h5-12,14,16H,1,13,15H2,2-4H3/b10-8-,17-9+. The van der Waals surface area contributed by atoms with Crippen molar-refractivity contribution in [2.24, 2.45) is 7.05 Å². The third kappa shape index (κ3) is 4.42. The number of aryl methyl sites for hydroxylation is 1. The van der Waals surface area contributed by atoms with Crippen LogP contribution < -0.4 is 5.69 Å². The minimum Gasteiger partial charge on any atom is -0.292 e. The largest absolute Gasteiger partial charge is 0.330 e. The molecule has 3 aromatic rings. The van der Waals surface area contributed by atoms with Crippen molar-refractivity contribution >= 4 is 33.8 Å². The van der Waals surface area contributed by atoms with Crippen molar-refractivity contribution in [3.8, 4) is 11.4 Å². The van der Waals surface area contributed by atoms with E-state index in [1.807, 2.05) is 30.4 Å². The number of allylic oxidation sites excluding steroid dienone is 5. The van der Waals surface area contributed by atoms with E-state index >= 15 is 0 Å². The lowest BCUT2D eigenvalue weighted by Gasteiger charge is -2.11. The predicted molar refractivity (Wildman–Crippen MR) is 129 cm³/mol. The summed E-state index contributed by atoms with van der Waals surface area (Å²) in [6.07, 6.45) is 9.48. The number of rotatable bonds is 7. The van der Waals surface area contributed by atoms with Crippen molar-refractivity contribution in [1.82, 2.24) is 19.1 Å². The number of alkyl halides is 1. The third-order valence-corrected chi connectivity index (χ3v) is 5.31. The molecule has 150 valence electrons. The molecule has 0 aliphatic rings. The maximum absolute atomic E-state index is 12.9. The molecule has 0 atom stereocenters. The van der Waals surface area contributed by atoms with Crippen LogP contribution >= 0.6 is 22.6 Å². The van der Waals surface area contributed by atoms with E-state index in [1.54, 1.807) is 28.5 Å². The number of aromatic nitrogens is 4. The monoisotopic (exact) mass is 500 g/mol. The van der Waals surface area contributed by atoms with Crippen LogP contribution in [0, 0.1) is 0 Å². The van der Waals surface area contributed by atoms with Crippen LogP contribution in [0.2, 0.25) is 0 Å². The van der Waals surface area contributed by atoms with Crippen LogP contribution in [0.1, 0.15) is 25.3 Å². The fourth-order valence-electron chi connectivity index (χ4n) is 3.34. The minimum absolute atomic E-state index is 0.110. The Bertz CT molecular complexity index is 1150. The second-order valence-electron chi connectivity index (χ2n) is 7.11. The first-order valence-corrected chi connectivity index (χ1v) is 11.1. The predicted octanol–water partition coefficient (Wildman–Crippen LogP) is 5.02. The molecule has 29 heavy (non-hydrogen) atoms. The fourth-order valence-corrected chi connectivity index (χ4v) is 3.60. The van der Waals surface area contributed by atoms with Gasteiger partial charge in [0.1, 0.15) is 5.52 Å². The lowest BCUT2D eigenvalue weighted by molar-refractivity contribution is 0.731. The number of imidazole rings is 1. The summed E-state index contributed by atoms with van der Waals surface area (Å²) in [6, 6.07) is 8.16. The minimum atomic E-state index is -0.110. The number of halogens is 1. The van der Waals surface area contributed by atoms with E-state index in [-0.39, 0.29) is 5.69 Å². The van der Waals surface area contributed by atoms with Crippen molar-refractivity contribution in [3.05, 3.63) is 83.0 Å². The number of hydrogen-bond donors (Lipinski definition) is 0. The van der Waals surface area contributed by atoms with Gasteiger partial charge in [0.05, 0.1) is 12.7 Å². The fraction of sp³-hybridized carbons (Fsp3) is 0.261. The summed E-state index contributed by atoms with van der Waals surface area (Å²) in [7, 11) is 1.75. The van der Waals surface area contributed by atoms with Gasteiger partial charge in [-0.25, -0.2) is 14.8 Å².